The van der Waals surface area contributed by atoms with Gasteiger partial charge in [0.1, 0.15) is 17.3 Å². The summed E-state index contributed by atoms with van der Waals surface area (Å²) in [6.45, 7) is 6.56. The normalized spacial score (nSPS) is 15.9. The van der Waals surface area contributed by atoms with Gasteiger partial charge in [0.05, 0.1) is 9.71 Å². The molecule has 1 fully saturated rings. The maximum Gasteiger partial charge on any atom is 0.262 e. The van der Waals surface area contributed by atoms with Crippen LogP contribution < -0.4 is 9.47 Å². The zero-order valence-electron chi connectivity index (χ0n) is 17.1. The molecule has 5 rings (SSSR count). The molecule has 0 radical (unpaired) electrons. The molecule has 6 heteroatoms. The van der Waals surface area contributed by atoms with Crippen LogP contribution in [0.15, 0.2) is 36.4 Å². The fourth-order valence-corrected chi connectivity index (χ4v) is 5.94. The zero-order valence-corrected chi connectivity index (χ0v) is 18.7. The van der Waals surface area contributed by atoms with Gasteiger partial charge >= 0.3 is 0 Å². The molecular weight excluding hydrogens is 396 g/mol. The van der Waals surface area contributed by atoms with Crippen LogP contribution in [-0.4, -0.2) is 43.1 Å². The molecule has 1 aliphatic rings. The van der Waals surface area contributed by atoms with Crippen molar-refractivity contribution in [1.82, 2.24) is 9.88 Å². The van der Waals surface area contributed by atoms with E-state index >= 15 is 0 Å². The van der Waals surface area contributed by atoms with Crippen molar-refractivity contribution in [3.8, 4) is 0 Å². The Bertz CT molecular complexity index is 1200. The first-order valence-corrected chi connectivity index (χ1v) is 11.6. The lowest BCUT2D eigenvalue weighted by Crippen LogP contribution is -2.44. The Morgan fingerprint density at radius 3 is 2.48 bits per heavy atom. The Hall–Kier alpha value is -2.28. The van der Waals surface area contributed by atoms with Crippen molar-refractivity contribution in [2.45, 2.75) is 6.92 Å². The van der Waals surface area contributed by atoms with Crippen molar-refractivity contribution in [3.05, 3.63) is 52.0 Å². The molecule has 0 unspecified atom stereocenters. The quantitative estimate of drug-likeness (QED) is 0.453. The van der Waals surface area contributed by atoms with Crippen molar-refractivity contribution < 1.29 is 4.57 Å². The first-order valence-electron chi connectivity index (χ1n) is 9.99. The number of fused-ring (bicyclic) bond motifs is 3. The summed E-state index contributed by atoms with van der Waals surface area (Å²) in [4.78, 5) is 9.62. The van der Waals surface area contributed by atoms with E-state index in [9.17, 15) is 0 Å². The second kappa shape index (κ2) is 7.52. The number of rotatable bonds is 3. The number of aromatic nitrogens is 2. The minimum Gasteiger partial charge on any atom is -0.369 e. The second-order valence-electron chi connectivity index (χ2n) is 7.71. The van der Waals surface area contributed by atoms with Crippen molar-refractivity contribution >= 4 is 60.9 Å². The Kier molecular flexibility index (Phi) is 4.86. The van der Waals surface area contributed by atoms with E-state index in [0.29, 0.717) is 0 Å². The molecule has 4 nitrogen and oxygen atoms in total. The Morgan fingerprint density at radius 2 is 1.72 bits per heavy atom. The molecule has 0 spiro atoms. The molecule has 1 aliphatic heterocycles. The summed E-state index contributed by atoms with van der Waals surface area (Å²) >= 11 is 3.59. The molecular formula is C23H25N4S2+. The van der Waals surface area contributed by atoms with Gasteiger partial charge in [-0.05, 0) is 43.8 Å². The summed E-state index contributed by atoms with van der Waals surface area (Å²) in [6.07, 6.45) is 4.43. The van der Waals surface area contributed by atoms with Crippen LogP contribution in [-0.2, 0) is 7.05 Å². The lowest BCUT2D eigenvalue weighted by Gasteiger charge is -2.34. The zero-order chi connectivity index (χ0) is 20.0. The number of hydrogen-bond acceptors (Lipinski definition) is 5. The van der Waals surface area contributed by atoms with Crippen molar-refractivity contribution in [2.24, 2.45) is 7.05 Å². The molecule has 0 saturated carbocycles. The molecule has 29 heavy (non-hydrogen) atoms. The molecule has 2 aromatic carbocycles. The fraction of sp³-hybridized carbons (Fsp3) is 0.304. The Morgan fingerprint density at radius 1 is 0.966 bits per heavy atom. The third-order valence-electron chi connectivity index (χ3n) is 5.68. The highest BCUT2D eigenvalue weighted by Crippen LogP contribution is 2.32. The first kappa shape index (κ1) is 18.7. The van der Waals surface area contributed by atoms with Crippen LogP contribution in [0.3, 0.4) is 0 Å². The maximum absolute atomic E-state index is 4.76. The van der Waals surface area contributed by atoms with Gasteiger partial charge in [-0.2, -0.15) is 4.57 Å². The molecule has 0 amide bonds. The van der Waals surface area contributed by atoms with Gasteiger partial charge in [0, 0.05) is 44.0 Å². The summed E-state index contributed by atoms with van der Waals surface area (Å²) < 4.78 is 4.81. The molecule has 1 saturated heterocycles. The number of anilines is 1. The van der Waals surface area contributed by atoms with Gasteiger partial charge in [-0.3, -0.25) is 0 Å². The Balaban J connectivity index is 1.40. The number of piperazine rings is 1. The first-order chi connectivity index (χ1) is 14.1. The molecule has 0 atom stereocenters. The topological polar surface area (TPSA) is 23.3 Å². The summed E-state index contributed by atoms with van der Waals surface area (Å²) in [6, 6.07) is 13.3. The van der Waals surface area contributed by atoms with Crippen LogP contribution in [0.25, 0.3) is 32.6 Å². The molecule has 0 bridgehead atoms. The Labute approximate surface area is 179 Å². The summed E-state index contributed by atoms with van der Waals surface area (Å²) in [5.74, 6) is 0. The monoisotopic (exact) mass is 421 g/mol. The number of nitrogens with zero attached hydrogens (tertiary/aromatic N) is 4. The predicted molar refractivity (Wildman–Crippen MR) is 126 cm³/mol. The maximum atomic E-state index is 4.76. The van der Waals surface area contributed by atoms with Crippen LogP contribution in [0.4, 0.5) is 5.69 Å². The number of benzene rings is 2. The lowest BCUT2D eigenvalue weighted by molar-refractivity contribution is -0.642. The van der Waals surface area contributed by atoms with Gasteiger partial charge < -0.3 is 9.80 Å². The minimum absolute atomic E-state index is 1.11. The number of likely N-dealkylation sites (N-methyl/N-ethyl adjacent to an activating group) is 1. The SMILES string of the molecule is Cc1nc2c(ccc3c2sc(/C=C/c2ccc(N4CCN(C)CC4)cc2)[n+]3C)s1. The molecule has 148 valence electrons. The number of hydrogen-bond donors (Lipinski definition) is 0. The average Bonchev–Trinajstić information content (AvgIpc) is 3.27. The molecule has 3 heterocycles. The smallest absolute Gasteiger partial charge is 0.262 e. The summed E-state index contributed by atoms with van der Waals surface area (Å²) in [7, 11) is 4.33. The highest BCUT2D eigenvalue weighted by molar-refractivity contribution is 7.22. The van der Waals surface area contributed by atoms with Crippen molar-refractivity contribution in [2.75, 3.05) is 38.1 Å². The number of aryl methyl sites for hydroxylation is 2. The van der Waals surface area contributed by atoms with Crippen LogP contribution >= 0.6 is 22.7 Å². The van der Waals surface area contributed by atoms with Crippen LogP contribution in [0.1, 0.15) is 15.6 Å². The van der Waals surface area contributed by atoms with Crippen LogP contribution in [0.2, 0.25) is 0 Å². The van der Waals surface area contributed by atoms with Crippen LogP contribution in [0.5, 0.6) is 0 Å². The second-order valence-corrected chi connectivity index (χ2v) is 9.97. The molecule has 2 aromatic heterocycles. The van der Waals surface area contributed by atoms with E-state index in [1.165, 1.54) is 31.2 Å². The summed E-state index contributed by atoms with van der Waals surface area (Å²) in [5, 5.41) is 2.36. The van der Waals surface area contributed by atoms with Gasteiger partial charge in [-0.1, -0.05) is 23.5 Å². The van der Waals surface area contributed by atoms with Crippen molar-refractivity contribution in [1.29, 1.82) is 0 Å². The van der Waals surface area contributed by atoms with E-state index in [1.807, 2.05) is 11.3 Å². The lowest BCUT2D eigenvalue weighted by atomic mass is 10.1. The molecule has 4 aromatic rings. The van der Waals surface area contributed by atoms with E-state index < -0.39 is 0 Å². The summed E-state index contributed by atoms with van der Waals surface area (Å²) in [5.41, 5.74) is 4.94. The van der Waals surface area contributed by atoms with Gasteiger partial charge in [-0.15, -0.1) is 11.3 Å². The molecule has 0 aliphatic carbocycles. The van der Waals surface area contributed by atoms with Gasteiger partial charge in [0.2, 0.25) is 5.52 Å². The number of thiazole rings is 2. The van der Waals surface area contributed by atoms with E-state index in [1.54, 1.807) is 11.3 Å². The largest absolute Gasteiger partial charge is 0.369 e. The van der Waals surface area contributed by atoms with E-state index in [0.717, 1.165) is 36.7 Å². The standard InChI is InChI=1S/C23H25N4S2/c1-16-24-22-20(28-16)10-9-19-23(22)29-21(26(19)3)11-6-17-4-7-18(8-5-17)27-14-12-25(2)13-15-27/h4-11H,12-15H2,1-3H3/q+1. The minimum atomic E-state index is 1.11. The third kappa shape index (κ3) is 3.56. The van der Waals surface area contributed by atoms with E-state index in [4.69, 9.17) is 4.98 Å². The predicted octanol–water partition coefficient (Wildman–Crippen LogP) is 4.57. The third-order valence-corrected chi connectivity index (χ3v) is 7.84. The van der Waals surface area contributed by atoms with Gasteiger partial charge in [-0.25, -0.2) is 4.98 Å². The van der Waals surface area contributed by atoms with E-state index in [2.05, 4.69) is 83.9 Å². The van der Waals surface area contributed by atoms with Crippen molar-refractivity contribution in [3.63, 3.8) is 0 Å². The average molecular weight is 422 g/mol. The van der Waals surface area contributed by atoms with E-state index in [-0.39, 0.29) is 0 Å². The van der Waals surface area contributed by atoms with Gasteiger partial charge in [0.15, 0.2) is 0 Å². The highest BCUT2D eigenvalue weighted by Gasteiger charge is 2.19. The highest BCUT2D eigenvalue weighted by atomic mass is 32.1. The van der Waals surface area contributed by atoms with Gasteiger partial charge in [0.25, 0.3) is 5.01 Å². The molecule has 0 N–H and O–H groups in total. The fourth-order valence-electron chi connectivity index (χ4n) is 3.90. The van der Waals surface area contributed by atoms with Crippen LogP contribution in [0, 0.1) is 6.92 Å².